The second-order valence-corrected chi connectivity index (χ2v) is 10.5. The van der Waals surface area contributed by atoms with Gasteiger partial charge in [-0.3, -0.25) is 4.79 Å². The average Bonchev–Trinajstić information content (AvgIpc) is 3.47. The van der Waals surface area contributed by atoms with E-state index in [-0.39, 0.29) is 11.8 Å². The van der Waals surface area contributed by atoms with Crippen molar-refractivity contribution in [2.24, 2.45) is 0 Å². The normalized spacial score (nSPS) is 15.6. The van der Waals surface area contributed by atoms with E-state index in [9.17, 15) is 4.79 Å². The second kappa shape index (κ2) is 11.3. The van der Waals surface area contributed by atoms with Crippen molar-refractivity contribution in [3.63, 3.8) is 0 Å². The van der Waals surface area contributed by atoms with Gasteiger partial charge in [-0.2, -0.15) is 0 Å². The molecule has 0 bridgehead atoms. The molecule has 1 aromatic heterocycles. The Kier molecular flexibility index (Phi) is 7.68. The van der Waals surface area contributed by atoms with Crippen molar-refractivity contribution in [2.45, 2.75) is 58.5 Å². The van der Waals surface area contributed by atoms with E-state index in [4.69, 9.17) is 14.5 Å². The molecule has 1 aliphatic rings. The van der Waals surface area contributed by atoms with Crippen molar-refractivity contribution in [3.8, 4) is 11.5 Å². The molecule has 2 heterocycles. The summed E-state index contributed by atoms with van der Waals surface area (Å²) >= 11 is 0. The molecule has 38 heavy (non-hydrogen) atoms. The summed E-state index contributed by atoms with van der Waals surface area (Å²) in [6.45, 7) is 9.18. The van der Waals surface area contributed by atoms with Gasteiger partial charge >= 0.3 is 0 Å². The molecule has 0 aliphatic carbocycles. The zero-order valence-electron chi connectivity index (χ0n) is 22.8. The predicted molar refractivity (Wildman–Crippen MR) is 151 cm³/mol. The van der Waals surface area contributed by atoms with E-state index < -0.39 is 0 Å². The molecule has 0 saturated carbocycles. The highest BCUT2D eigenvalue weighted by molar-refractivity contribution is 5.81. The van der Waals surface area contributed by atoms with Gasteiger partial charge < -0.3 is 18.9 Å². The molecule has 0 radical (unpaired) electrons. The van der Waals surface area contributed by atoms with Crippen LogP contribution in [-0.4, -0.2) is 40.6 Å². The first-order valence-electron chi connectivity index (χ1n) is 13.5. The van der Waals surface area contributed by atoms with Gasteiger partial charge in [0.25, 0.3) is 0 Å². The van der Waals surface area contributed by atoms with Crippen LogP contribution in [0, 0.1) is 6.92 Å². The minimum absolute atomic E-state index is 0.0679. The van der Waals surface area contributed by atoms with Gasteiger partial charge in [0.1, 0.15) is 17.3 Å². The van der Waals surface area contributed by atoms with Crippen molar-refractivity contribution < 1.29 is 14.3 Å². The Balaban J connectivity index is 1.29. The lowest BCUT2D eigenvalue weighted by Gasteiger charge is -2.18. The molecule has 4 aromatic rings. The predicted octanol–water partition coefficient (Wildman–Crippen LogP) is 6.46. The van der Waals surface area contributed by atoms with Crippen molar-refractivity contribution in [3.05, 3.63) is 89.2 Å². The number of aryl methyl sites for hydroxylation is 2. The first-order valence-corrected chi connectivity index (χ1v) is 13.5. The third-order valence-corrected chi connectivity index (χ3v) is 7.37. The Hall–Kier alpha value is -3.80. The van der Waals surface area contributed by atoms with Gasteiger partial charge in [0.15, 0.2) is 0 Å². The van der Waals surface area contributed by atoms with E-state index in [1.165, 1.54) is 11.1 Å². The van der Waals surface area contributed by atoms with Crippen molar-refractivity contribution in [2.75, 3.05) is 20.3 Å². The van der Waals surface area contributed by atoms with Gasteiger partial charge in [0.2, 0.25) is 5.91 Å². The summed E-state index contributed by atoms with van der Waals surface area (Å²) in [5, 5.41) is 0. The SMILES string of the molecule is COc1ccc(CN2CC(c3nc4ccccc4n3CCCOc3cc(C)ccc3C(C)C)CC2=O)cc1. The maximum Gasteiger partial charge on any atom is 0.223 e. The molecular formula is C32H37N3O3. The fourth-order valence-electron chi connectivity index (χ4n) is 5.34. The van der Waals surface area contributed by atoms with Crippen LogP contribution in [0.5, 0.6) is 11.5 Å². The van der Waals surface area contributed by atoms with Gasteiger partial charge in [-0.15, -0.1) is 0 Å². The molecule has 1 aliphatic heterocycles. The van der Waals surface area contributed by atoms with Gasteiger partial charge in [0.05, 0.1) is 24.8 Å². The number of para-hydroxylation sites is 2. The summed E-state index contributed by atoms with van der Waals surface area (Å²) in [5.41, 5.74) is 5.64. The number of fused-ring (bicyclic) bond motifs is 1. The van der Waals surface area contributed by atoms with E-state index in [1.54, 1.807) is 7.11 Å². The maximum absolute atomic E-state index is 13.0. The van der Waals surface area contributed by atoms with E-state index in [0.29, 0.717) is 32.0 Å². The number of nitrogens with zero attached hydrogens (tertiary/aromatic N) is 3. The van der Waals surface area contributed by atoms with Crippen molar-refractivity contribution in [1.82, 2.24) is 14.5 Å². The minimum Gasteiger partial charge on any atom is -0.497 e. The fourth-order valence-corrected chi connectivity index (χ4v) is 5.34. The number of benzene rings is 3. The average molecular weight is 512 g/mol. The number of carbonyl (C=O) groups excluding carboxylic acids is 1. The largest absolute Gasteiger partial charge is 0.497 e. The Morgan fingerprint density at radius 1 is 1.05 bits per heavy atom. The number of imidazole rings is 1. The molecule has 1 saturated heterocycles. The highest BCUT2D eigenvalue weighted by Crippen LogP contribution is 2.32. The van der Waals surface area contributed by atoms with Crippen LogP contribution in [-0.2, 0) is 17.9 Å². The molecule has 6 heteroatoms. The summed E-state index contributed by atoms with van der Waals surface area (Å²) in [4.78, 5) is 19.9. The number of rotatable bonds is 10. The summed E-state index contributed by atoms with van der Waals surface area (Å²) in [6, 6.07) is 22.6. The Labute approximate surface area is 225 Å². The number of methoxy groups -OCH3 is 1. The topological polar surface area (TPSA) is 56.6 Å². The van der Waals surface area contributed by atoms with E-state index >= 15 is 0 Å². The number of likely N-dealkylation sites (tertiary alicyclic amines) is 1. The smallest absolute Gasteiger partial charge is 0.223 e. The Bertz CT molecular complexity index is 1410. The molecule has 3 aromatic carbocycles. The summed E-state index contributed by atoms with van der Waals surface area (Å²) in [5.74, 6) is 3.45. The third-order valence-electron chi connectivity index (χ3n) is 7.37. The van der Waals surface area contributed by atoms with Crippen LogP contribution in [0.1, 0.15) is 61.0 Å². The fraction of sp³-hybridized carbons (Fsp3) is 0.375. The lowest BCUT2D eigenvalue weighted by atomic mass is 10.0. The third kappa shape index (κ3) is 5.54. The molecule has 1 atom stereocenters. The number of ether oxygens (including phenoxy) is 2. The molecule has 0 N–H and O–H groups in total. The molecule has 1 amide bonds. The van der Waals surface area contributed by atoms with Crippen LogP contribution in [0.2, 0.25) is 0 Å². The highest BCUT2D eigenvalue weighted by Gasteiger charge is 2.34. The van der Waals surface area contributed by atoms with Crippen LogP contribution in [0.15, 0.2) is 66.7 Å². The Morgan fingerprint density at radius 2 is 1.84 bits per heavy atom. The summed E-state index contributed by atoms with van der Waals surface area (Å²) < 4.78 is 13.8. The molecule has 198 valence electrons. The first-order chi connectivity index (χ1) is 18.4. The molecule has 5 rings (SSSR count). The van der Waals surface area contributed by atoms with E-state index in [0.717, 1.165) is 46.9 Å². The minimum atomic E-state index is 0.0679. The van der Waals surface area contributed by atoms with Crippen LogP contribution in [0.4, 0.5) is 0 Å². The van der Waals surface area contributed by atoms with Gasteiger partial charge in [-0.05, 0) is 66.3 Å². The van der Waals surface area contributed by atoms with Crippen LogP contribution < -0.4 is 9.47 Å². The van der Waals surface area contributed by atoms with E-state index in [2.05, 4.69) is 61.7 Å². The molecule has 1 fully saturated rings. The second-order valence-electron chi connectivity index (χ2n) is 10.5. The summed E-state index contributed by atoms with van der Waals surface area (Å²) in [6.07, 6.45) is 1.34. The standard InChI is InChI=1S/C32H37N3O3/c1-22(2)27-15-10-23(3)18-30(27)38-17-7-16-35-29-9-6-5-8-28(29)33-32(35)25-19-31(36)34(21-25)20-24-11-13-26(37-4)14-12-24/h5-6,8-15,18,22,25H,7,16-17,19-21H2,1-4H3. The van der Waals surface area contributed by atoms with Gasteiger partial charge in [-0.25, -0.2) is 4.98 Å². The first kappa shape index (κ1) is 25.8. The number of aromatic nitrogens is 2. The molecule has 6 nitrogen and oxygen atoms in total. The number of hydrogen-bond donors (Lipinski definition) is 0. The van der Waals surface area contributed by atoms with Crippen molar-refractivity contribution >= 4 is 16.9 Å². The molecule has 1 unspecified atom stereocenters. The zero-order chi connectivity index (χ0) is 26.6. The van der Waals surface area contributed by atoms with Gasteiger partial charge in [-0.1, -0.05) is 50.2 Å². The number of amides is 1. The lowest BCUT2D eigenvalue weighted by Crippen LogP contribution is -2.24. The zero-order valence-corrected chi connectivity index (χ0v) is 22.8. The van der Waals surface area contributed by atoms with Gasteiger partial charge in [0, 0.05) is 32.0 Å². The van der Waals surface area contributed by atoms with Crippen LogP contribution in [0.3, 0.4) is 0 Å². The maximum atomic E-state index is 13.0. The monoisotopic (exact) mass is 511 g/mol. The van der Waals surface area contributed by atoms with E-state index in [1.807, 2.05) is 35.2 Å². The molecular weight excluding hydrogens is 474 g/mol. The Morgan fingerprint density at radius 3 is 2.61 bits per heavy atom. The van der Waals surface area contributed by atoms with Crippen molar-refractivity contribution in [1.29, 1.82) is 0 Å². The highest BCUT2D eigenvalue weighted by atomic mass is 16.5. The quantitative estimate of drug-likeness (QED) is 0.229. The number of carbonyl (C=O) groups is 1. The molecule has 0 spiro atoms. The lowest BCUT2D eigenvalue weighted by molar-refractivity contribution is -0.128. The van der Waals surface area contributed by atoms with Crippen LogP contribution in [0.25, 0.3) is 11.0 Å². The number of hydrogen-bond acceptors (Lipinski definition) is 4. The van der Waals surface area contributed by atoms with Crippen LogP contribution >= 0.6 is 0 Å². The summed E-state index contributed by atoms with van der Waals surface area (Å²) in [7, 11) is 1.66.